The van der Waals surface area contributed by atoms with Crippen LogP contribution in [0.25, 0.3) is 0 Å². The third-order valence-electron chi connectivity index (χ3n) is 4.91. The van der Waals surface area contributed by atoms with Gasteiger partial charge in [-0.25, -0.2) is 9.37 Å². The fraction of sp³-hybridized carbons (Fsp3) is 0.286. The molecule has 0 spiro atoms. The second-order valence-corrected chi connectivity index (χ2v) is 7.64. The molecule has 1 N–H and O–H groups in total. The molecule has 0 radical (unpaired) electrons. The van der Waals surface area contributed by atoms with E-state index in [1.165, 1.54) is 29.2 Å². The minimum absolute atomic E-state index is 0.00621. The summed E-state index contributed by atoms with van der Waals surface area (Å²) in [6, 6.07) is 16.0. The maximum atomic E-state index is 13.0. The minimum atomic E-state index is -0.310. The third-order valence-corrected chi connectivity index (χ3v) is 5.73. The number of hydrogen-bond donors (Lipinski definition) is 1. The lowest BCUT2D eigenvalue weighted by Crippen LogP contribution is -2.38. The van der Waals surface area contributed by atoms with E-state index in [1.807, 2.05) is 18.2 Å². The van der Waals surface area contributed by atoms with Crippen LogP contribution < -0.4 is 10.2 Å². The highest BCUT2D eigenvalue weighted by Crippen LogP contribution is 2.26. The summed E-state index contributed by atoms with van der Waals surface area (Å²) in [4.78, 5) is 19.3. The van der Waals surface area contributed by atoms with Crippen LogP contribution >= 0.6 is 11.5 Å². The summed E-state index contributed by atoms with van der Waals surface area (Å²) in [6.07, 6.45) is 2.26. The van der Waals surface area contributed by atoms with E-state index in [0.29, 0.717) is 5.69 Å². The second-order valence-electron chi connectivity index (χ2n) is 6.91. The number of aromatic nitrogens is 2. The molecule has 144 valence electrons. The van der Waals surface area contributed by atoms with Crippen LogP contribution in [-0.4, -0.2) is 28.4 Å². The predicted octanol–water partition coefficient (Wildman–Crippen LogP) is 4.12. The minimum Gasteiger partial charge on any atom is -0.347 e. The van der Waals surface area contributed by atoms with Gasteiger partial charge in [0.1, 0.15) is 11.6 Å². The van der Waals surface area contributed by atoms with E-state index in [4.69, 9.17) is 0 Å². The Morgan fingerprint density at radius 2 is 1.82 bits per heavy atom. The number of carbonyl (C=O) groups excluding carboxylic acids is 1. The first-order valence-corrected chi connectivity index (χ1v) is 10.1. The highest BCUT2D eigenvalue weighted by atomic mass is 32.1. The molecule has 1 saturated heterocycles. The van der Waals surface area contributed by atoms with Crippen molar-refractivity contribution in [1.82, 2.24) is 9.36 Å². The average molecular weight is 396 g/mol. The summed E-state index contributed by atoms with van der Waals surface area (Å²) in [5.74, 6) is 0.476. The molecular formula is C21H21FN4OS. The normalized spacial score (nSPS) is 14.8. The van der Waals surface area contributed by atoms with Crippen molar-refractivity contribution >= 4 is 28.3 Å². The number of amides is 1. The van der Waals surface area contributed by atoms with E-state index in [9.17, 15) is 9.18 Å². The Labute approximate surface area is 167 Å². The number of halogens is 1. The van der Waals surface area contributed by atoms with Crippen LogP contribution in [0.5, 0.6) is 0 Å². The summed E-state index contributed by atoms with van der Waals surface area (Å²) >= 11 is 1.42. The van der Waals surface area contributed by atoms with Gasteiger partial charge in [0.05, 0.1) is 0 Å². The molecule has 0 unspecified atom stereocenters. The van der Waals surface area contributed by atoms with Gasteiger partial charge in [-0.15, -0.1) is 0 Å². The van der Waals surface area contributed by atoms with Gasteiger partial charge in [-0.3, -0.25) is 4.79 Å². The molecule has 0 atom stereocenters. The smallest absolute Gasteiger partial charge is 0.227 e. The molecule has 5 nitrogen and oxygen atoms in total. The topological polar surface area (TPSA) is 58.1 Å². The van der Waals surface area contributed by atoms with Crippen molar-refractivity contribution in [1.29, 1.82) is 0 Å². The molecular weight excluding hydrogens is 375 g/mol. The summed E-state index contributed by atoms with van der Waals surface area (Å²) in [5, 5.41) is 3.80. The highest BCUT2D eigenvalue weighted by molar-refractivity contribution is 7.09. The van der Waals surface area contributed by atoms with E-state index in [2.05, 4.69) is 31.7 Å². The van der Waals surface area contributed by atoms with Gasteiger partial charge in [0.2, 0.25) is 11.0 Å². The Balaban J connectivity index is 1.30. The standard InChI is InChI=1S/C21H21FN4OS/c22-17-6-8-18(9-7-17)23-20(27)16-10-12-26(13-11-16)21-24-19(25-28-21)14-15-4-2-1-3-5-15/h1-9,16H,10-14H2,(H,23,27). The predicted molar refractivity (Wildman–Crippen MR) is 109 cm³/mol. The molecule has 1 aromatic heterocycles. The fourth-order valence-electron chi connectivity index (χ4n) is 3.33. The maximum Gasteiger partial charge on any atom is 0.227 e. The Morgan fingerprint density at radius 3 is 2.54 bits per heavy atom. The molecule has 4 rings (SSSR count). The molecule has 2 aromatic carbocycles. The average Bonchev–Trinajstić information content (AvgIpc) is 3.19. The largest absolute Gasteiger partial charge is 0.347 e. The number of carbonyl (C=O) groups is 1. The second kappa shape index (κ2) is 8.48. The third kappa shape index (κ3) is 4.54. The molecule has 0 bridgehead atoms. The van der Waals surface area contributed by atoms with Crippen LogP contribution in [0.2, 0.25) is 0 Å². The Hall–Kier alpha value is -2.80. The van der Waals surface area contributed by atoms with Crippen molar-refractivity contribution in [3.8, 4) is 0 Å². The molecule has 0 saturated carbocycles. The Bertz CT molecular complexity index is 921. The summed E-state index contributed by atoms with van der Waals surface area (Å²) < 4.78 is 17.5. The van der Waals surface area contributed by atoms with Crippen molar-refractivity contribution in [3.63, 3.8) is 0 Å². The first kappa shape index (κ1) is 18.6. The lowest BCUT2D eigenvalue weighted by molar-refractivity contribution is -0.120. The van der Waals surface area contributed by atoms with E-state index in [1.54, 1.807) is 12.1 Å². The zero-order valence-corrected chi connectivity index (χ0v) is 16.2. The number of nitrogens with one attached hydrogen (secondary N) is 1. The molecule has 1 aliphatic heterocycles. The highest BCUT2D eigenvalue weighted by Gasteiger charge is 2.26. The van der Waals surface area contributed by atoms with Crippen molar-refractivity contribution < 1.29 is 9.18 Å². The van der Waals surface area contributed by atoms with Gasteiger partial charge < -0.3 is 10.2 Å². The number of nitrogens with zero attached hydrogens (tertiary/aromatic N) is 3. The van der Waals surface area contributed by atoms with Crippen molar-refractivity contribution in [2.75, 3.05) is 23.3 Å². The van der Waals surface area contributed by atoms with Gasteiger partial charge in [0.15, 0.2) is 0 Å². The van der Waals surface area contributed by atoms with Gasteiger partial charge in [0, 0.05) is 42.6 Å². The zero-order chi connectivity index (χ0) is 19.3. The van der Waals surface area contributed by atoms with Crippen LogP contribution in [0, 0.1) is 11.7 Å². The summed E-state index contributed by atoms with van der Waals surface area (Å²) in [6.45, 7) is 1.56. The van der Waals surface area contributed by atoms with Gasteiger partial charge in [-0.05, 0) is 42.7 Å². The molecule has 1 aliphatic rings. The first-order chi connectivity index (χ1) is 13.7. The molecule has 1 amide bonds. The number of rotatable bonds is 5. The fourth-order valence-corrected chi connectivity index (χ4v) is 4.07. The molecule has 1 fully saturated rings. The monoisotopic (exact) mass is 396 g/mol. The lowest BCUT2D eigenvalue weighted by atomic mass is 9.96. The van der Waals surface area contributed by atoms with Gasteiger partial charge in [-0.1, -0.05) is 30.3 Å². The van der Waals surface area contributed by atoms with Crippen LogP contribution in [0.15, 0.2) is 54.6 Å². The quantitative estimate of drug-likeness (QED) is 0.705. The Morgan fingerprint density at radius 1 is 1.11 bits per heavy atom. The molecule has 7 heteroatoms. The SMILES string of the molecule is O=C(Nc1ccc(F)cc1)C1CCN(c2nc(Cc3ccccc3)ns2)CC1. The molecule has 28 heavy (non-hydrogen) atoms. The molecule has 0 aliphatic carbocycles. The zero-order valence-electron chi connectivity index (χ0n) is 15.3. The van der Waals surface area contributed by atoms with Crippen LogP contribution in [0.3, 0.4) is 0 Å². The van der Waals surface area contributed by atoms with E-state index in [0.717, 1.165) is 43.3 Å². The Kier molecular flexibility index (Phi) is 5.62. The number of piperidine rings is 1. The van der Waals surface area contributed by atoms with Gasteiger partial charge in [0.25, 0.3) is 0 Å². The van der Waals surface area contributed by atoms with Crippen LogP contribution in [0.4, 0.5) is 15.2 Å². The lowest BCUT2D eigenvalue weighted by Gasteiger charge is -2.30. The summed E-state index contributed by atoms with van der Waals surface area (Å²) in [7, 11) is 0. The number of benzene rings is 2. The number of anilines is 2. The van der Waals surface area contributed by atoms with E-state index < -0.39 is 0 Å². The van der Waals surface area contributed by atoms with Gasteiger partial charge in [-0.2, -0.15) is 4.37 Å². The summed E-state index contributed by atoms with van der Waals surface area (Å²) in [5.41, 5.74) is 1.83. The number of hydrogen-bond acceptors (Lipinski definition) is 5. The van der Waals surface area contributed by atoms with E-state index in [-0.39, 0.29) is 17.6 Å². The first-order valence-electron chi connectivity index (χ1n) is 9.35. The van der Waals surface area contributed by atoms with Crippen molar-refractivity contribution in [3.05, 3.63) is 71.8 Å². The van der Waals surface area contributed by atoms with Crippen LogP contribution in [0.1, 0.15) is 24.2 Å². The van der Waals surface area contributed by atoms with E-state index >= 15 is 0 Å². The van der Waals surface area contributed by atoms with Gasteiger partial charge >= 0.3 is 0 Å². The van der Waals surface area contributed by atoms with Crippen LogP contribution in [-0.2, 0) is 11.2 Å². The molecule has 3 aromatic rings. The molecule has 2 heterocycles. The maximum absolute atomic E-state index is 13.0. The van der Waals surface area contributed by atoms with Crippen molar-refractivity contribution in [2.45, 2.75) is 19.3 Å². The van der Waals surface area contributed by atoms with Crippen molar-refractivity contribution in [2.24, 2.45) is 5.92 Å².